The number of aromatic nitrogens is 1. The van der Waals surface area contributed by atoms with Gasteiger partial charge in [-0.05, 0) is 49.2 Å². The Morgan fingerprint density at radius 1 is 1.14 bits per heavy atom. The van der Waals surface area contributed by atoms with Gasteiger partial charge in [-0.2, -0.15) is 0 Å². The van der Waals surface area contributed by atoms with Crippen LogP contribution in [0.25, 0.3) is 10.2 Å². The lowest BCUT2D eigenvalue weighted by Gasteiger charge is -2.07. The van der Waals surface area contributed by atoms with Crippen LogP contribution in [0, 0.1) is 19.7 Å². The average Bonchev–Trinajstić information content (AvgIpc) is 2.87. The summed E-state index contributed by atoms with van der Waals surface area (Å²) in [5.41, 5.74) is 3.23. The van der Waals surface area contributed by atoms with E-state index in [1.165, 1.54) is 17.4 Å². The molecule has 0 bridgehead atoms. The summed E-state index contributed by atoms with van der Waals surface area (Å²) in [6.07, 6.45) is 0. The van der Waals surface area contributed by atoms with Crippen molar-refractivity contribution >= 4 is 38.4 Å². The molecule has 22 heavy (non-hydrogen) atoms. The Morgan fingerprint density at radius 3 is 2.68 bits per heavy atom. The van der Waals surface area contributed by atoms with Crippen molar-refractivity contribution in [2.75, 3.05) is 10.6 Å². The van der Waals surface area contributed by atoms with Gasteiger partial charge in [0.2, 0.25) is 0 Å². The number of urea groups is 1. The predicted octanol–water partition coefficient (Wildman–Crippen LogP) is 4.70. The SMILES string of the molecule is Cc1ccc(NC(=O)Nc2nc3c(F)cccc3s2)cc1C. The summed E-state index contributed by atoms with van der Waals surface area (Å²) in [7, 11) is 0. The molecule has 2 N–H and O–H groups in total. The Hall–Kier alpha value is -2.47. The Kier molecular flexibility index (Phi) is 3.77. The van der Waals surface area contributed by atoms with Crippen molar-refractivity contribution < 1.29 is 9.18 Å². The molecule has 6 heteroatoms. The predicted molar refractivity (Wildman–Crippen MR) is 88.1 cm³/mol. The summed E-state index contributed by atoms with van der Waals surface area (Å²) < 4.78 is 14.3. The third-order valence-corrected chi connectivity index (χ3v) is 4.29. The number of nitrogens with zero attached hydrogens (tertiary/aromatic N) is 1. The van der Waals surface area contributed by atoms with Crippen molar-refractivity contribution in [3.63, 3.8) is 0 Å². The maximum Gasteiger partial charge on any atom is 0.325 e. The number of benzene rings is 2. The van der Waals surface area contributed by atoms with E-state index < -0.39 is 11.8 Å². The summed E-state index contributed by atoms with van der Waals surface area (Å²) in [4.78, 5) is 16.1. The van der Waals surface area contributed by atoms with Crippen molar-refractivity contribution in [1.82, 2.24) is 4.98 Å². The largest absolute Gasteiger partial charge is 0.325 e. The Morgan fingerprint density at radius 2 is 1.95 bits per heavy atom. The molecule has 1 aromatic heterocycles. The van der Waals surface area contributed by atoms with E-state index in [9.17, 15) is 9.18 Å². The van der Waals surface area contributed by atoms with Crippen molar-refractivity contribution in [2.24, 2.45) is 0 Å². The van der Waals surface area contributed by atoms with Crippen LogP contribution in [0.4, 0.5) is 20.0 Å². The number of anilines is 2. The van der Waals surface area contributed by atoms with Crippen LogP contribution in [0.2, 0.25) is 0 Å². The summed E-state index contributed by atoms with van der Waals surface area (Å²) in [5, 5.41) is 5.73. The first kappa shape index (κ1) is 14.5. The minimum Gasteiger partial charge on any atom is -0.308 e. The molecular formula is C16H14FN3OS. The molecule has 0 aliphatic rings. The van der Waals surface area contributed by atoms with E-state index in [-0.39, 0.29) is 5.52 Å². The van der Waals surface area contributed by atoms with Crippen molar-refractivity contribution in [3.8, 4) is 0 Å². The van der Waals surface area contributed by atoms with Gasteiger partial charge < -0.3 is 5.32 Å². The maximum absolute atomic E-state index is 13.6. The second-order valence-corrected chi connectivity index (χ2v) is 6.01. The number of aryl methyl sites for hydroxylation is 2. The van der Waals surface area contributed by atoms with Gasteiger partial charge in [-0.1, -0.05) is 23.5 Å². The van der Waals surface area contributed by atoms with Crippen LogP contribution in [0.15, 0.2) is 36.4 Å². The number of thiazole rings is 1. The lowest BCUT2D eigenvalue weighted by Crippen LogP contribution is -2.19. The van der Waals surface area contributed by atoms with Gasteiger partial charge in [-0.25, -0.2) is 14.2 Å². The van der Waals surface area contributed by atoms with E-state index in [0.717, 1.165) is 11.1 Å². The molecule has 0 saturated heterocycles. The molecule has 112 valence electrons. The zero-order chi connectivity index (χ0) is 15.7. The zero-order valence-corrected chi connectivity index (χ0v) is 12.9. The highest BCUT2D eigenvalue weighted by Gasteiger charge is 2.10. The quantitative estimate of drug-likeness (QED) is 0.720. The number of amides is 2. The number of fused-ring (bicyclic) bond motifs is 1. The fourth-order valence-corrected chi connectivity index (χ4v) is 2.92. The Balaban J connectivity index is 1.75. The molecule has 1 heterocycles. The van der Waals surface area contributed by atoms with Gasteiger partial charge in [0.25, 0.3) is 0 Å². The summed E-state index contributed by atoms with van der Waals surface area (Å²) in [6.45, 7) is 3.99. The van der Waals surface area contributed by atoms with Crippen LogP contribution >= 0.6 is 11.3 Å². The molecule has 3 aromatic rings. The molecule has 0 saturated carbocycles. The fraction of sp³-hybridized carbons (Fsp3) is 0.125. The van der Waals surface area contributed by atoms with Gasteiger partial charge in [0.1, 0.15) is 11.3 Å². The van der Waals surface area contributed by atoms with Gasteiger partial charge >= 0.3 is 6.03 Å². The van der Waals surface area contributed by atoms with Crippen LogP contribution in [0.5, 0.6) is 0 Å². The summed E-state index contributed by atoms with van der Waals surface area (Å²) in [5.74, 6) is -0.392. The highest BCUT2D eigenvalue weighted by atomic mass is 32.1. The molecule has 0 aliphatic carbocycles. The van der Waals surface area contributed by atoms with E-state index in [2.05, 4.69) is 15.6 Å². The van der Waals surface area contributed by atoms with Crippen LogP contribution in [-0.4, -0.2) is 11.0 Å². The van der Waals surface area contributed by atoms with E-state index in [0.29, 0.717) is 15.5 Å². The van der Waals surface area contributed by atoms with Crippen molar-refractivity contribution in [3.05, 3.63) is 53.3 Å². The van der Waals surface area contributed by atoms with Crippen LogP contribution in [0.1, 0.15) is 11.1 Å². The molecule has 2 aromatic carbocycles. The van der Waals surface area contributed by atoms with Crippen molar-refractivity contribution in [1.29, 1.82) is 0 Å². The number of carbonyl (C=O) groups excluding carboxylic acids is 1. The van der Waals surface area contributed by atoms with E-state index in [1.54, 1.807) is 12.1 Å². The number of rotatable bonds is 2. The molecule has 0 spiro atoms. The lowest BCUT2D eigenvalue weighted by atomic mass is 10.1. The second kappa shape index (κ2) is 5.73. The first-order chi connectivity index (χ1) is 10.5. The normalized spacial score (nSPS) is 10.7. The molecule has 2 amide bonds. The van der Waals surface area contributed by atoms with Gasteiger partial charge in [-0.15, -0.1) is 0 Å². The smallest absolute Gasteiger partial charge is 0.308 e. The zero-order valence-electron chi connectivity index (χ0n) is 12.1. The van der Waals surface area contributed by atoms with Crippen LogP contribution in [-0.2, 0) is 0 Å². The lowest BCUT2D eigenvalue weighted by molar-refractivity contribution is 0.262. The van der Waals surface area contributed by atoms with E-state index >= 15 is 0 Å². The number of para-hydroxylation sites is 1. The molecule has 0 unspecified atom stereocenters. The van der Waals surface area contributed by atoms with Gasteiger partial charge in [0.15, 0.2) is 5.13 Å². The van der Waals surface area contributed by atoms with Gasteiger partial charge in [0, 0.05) is 5.69 Å². The number of halogens is 1. The number of hydrogen-bond acceptors (Lipinski definition) is 3. The van der Waals surface area contributed by atoms with Crippen LogP contribution in [0.3, 0.4) is 0 Å². The first-order valence-corrected chi connectivity index (χ1v) is 7.55. The van der Waals surface area contributed by atoms with E-state index in [4.69, 9.17) is 0 Å². The molecule has 4 nitrogen and oxygen atoms in total. The summed E-state index contributed by atoms with van der Waals surface area (Å²) in [6, 6.07) is 10.0. The number of carbonyl (C=O) groups is 1. The Bertz CT molecular complexity index is 860. The first-order valence-electron chi connectivity index (χ1n) is 6.73. The molecule has 0 fully saturated rings. The summed E-state index contributed by atoms with van der Waals surface area (Å²) >= 11 is 1.23. The molecule has 0 atom stereocenters. The molecule has 3 rings (SSSR count). The van der Waals surface area contributed by atoms with Gasteiger partial charge in [0.05, 0.1) is 4.70 Å². The third-order valence-electron chi connectivity index (χ3n) is 3.35. The highest BCUT2D eigenvalue weighted by molar-refractivity contribution is 7.22. The van der Waals surface area contributed by atoms with Gasteiger partial charge in [-0.3, -0.25) is 5.32 Å². The standard InChI is InChI=1S/C16H14FN3OS/c1-9-6-7-11(8-10(9)2)18-15(21)20-16-19-14-12(17)4-3-5-13(14)22-16/h3-8H,1-2H3,(H2,18,19,20,21). The second-order valence-electron chi connectivity index (χ2n) is 4.98. The average molecular weight is 315 g/mol. The number of nitrogens with one attached hydrogen (secondary N) is 2. The number of hydrogen-bond donors (Lipinski definition) is 2. The highest BCUT2D eigenvalue weighted by Crippen LogP contribution is 2.27. The fourth-order valence-electron chi connectivity index (χ4n) is 2.05. The minimum atomic E-state index is -0.400. The van der Waals surface area contributed by atoms with Crippen molar-refractivity contribution in [2.45, 2.75) is 13.8 Å². The molecular weight excluding hydrogens is 301 g/mol. The monoisotopic (exact) mass is 315 g/mol. The topological polar surface area (TPSA) is 54.0 Å². The van der Waals surface area contributed by atoms with Crippen LogP contribution < -0.4 is 10.6 Å². The minimum absolute atomic E-state index is 0.272. The molecule has 0 radical (unpaired) electrons. The third kappa shape index (κ3) is 2.92. The molecule has 0 aliphatic heterocycles. The maximum atomic E-state index is 13.6. The Labute approximate surface area is 131 Å². The van der Waals surface area contributed by atoms with E-state index in [1.807, 2.05) is 32.0 Å².